The Morgan fingerprint density at radius 3 is 2.45 bits per heavy atom. The Morgan fingerprint density at radius 2 is 1.77 bits per heavy atom. The molecular weight excluding hydrogens is 342 g/mol. The summed E-state index contributed by atoms with van der Waals surface area (Å²) in [7, 11) is 2.31. The molecule has 0 atom stereocenters. The first-order valence-electron chi connectivity index (χ1n) is 8.58. The van der Waals surface area contributed by atoms with Crippen LogP contribution in [0.15, 0.2) is 22.7 Å². The SMILES string of the molecule is C[NH+]1CC[NH+](C2CC[NH+](Cc3cc(Br)ccc3O)CC2)CC1. The quantitative estimate of drug-likeness (QED) is 0.493. The molecule has 3 rings (SSSR count). The maximum Gasteiger partial charge on any atom is 0.127 e. The smallest absolute Gasteiger partial charge is 0.127 e. The summed E-state index contributed by atoms with van der Waals surface area (Å²) in [6.07, 6.45) is 2.66. The fourth-order valence-corrected chi connectivity index (χ4v) is 4.39. The average Bonchev–Trinajstić information content (AvgIpc) is 2.53. The summed E-state index contributed by atoms with van der Waals surface area (Å²) in [6.45, 7) is 8.77. The molecule has 2 fully saturated rings. The molecule has 0 amide bonds. The van der Waals surface area contributed by atoms with Crippen LogP contribution >= 0.6 is 15.9 Å². The van der Waals surface area contributed by atoms with Gasteiger partial charge in [0.05, 0.1) is 26.2 Å². The molecule has 0 spiro atoms. The number of halogens is 1. The van der Waals surface area contributed by atoms with Crippen molar-refractivity contribution in [1.29, 1.82) is 0 Å². The highest BCUT2D eigenvalue weighted by Crippen LogP contribution is 2.21. The molecule has 0 saturated carbocycles. The number of aromatic hydroxyl groups is 1. The monoisotopic (exact) mass is 370 g/mol. The van der Waals surface area contributed by atoms with Crippen LogP contribution in [0, 0.1) is 0 Å². The minimum Gasteiger partial charge on any atom is -0.507 e. The number of hydrogen-bond donors (Lipinski definition) is 4. The minimum absolute atomic E-state index is 0.436. The second-order valence-corrected chi connectivity index (χ2v) is 8.01. The Labute approximate surface area is 141 Å². The third kappa shape index (κ3) is 4.02. The molecule has 1 aromatic carbocycles. The fraction of sp³-hybridized carbons (Fsp3) is 0.647. The number of quaternary nitrogens is 3. The number of piperidine rings is 1. The third-order valence-corrected chi connectivity index (χ3v) is 5.99. The second kappa shape index (κ2) is 7.30. The topological polar surface area (TPSA) is 33.5 Å². The molecule has 2 saturated heterocycles. The molecule has 1 aromatic rings. The van der Waals surface area contributed by atoms with Gasteiger partial charge in [-0.2, -0.15) is 0 Å². The van der Waals surface area contributed by atoms with E-state index in [0.29, 0.717) is 5.75 Å². The largest absolute Gasteiger partial charge is 0.507 e. The van der Waals surface area contributed by atoms with Crippen LogP contribution in [0.3, 0.4) is 0 Å². The predicted octanol–water partition coefficient (Wildman–Crippen LogP) is -1.88. The van der Waals surface area contributed by atoms with Crippen LogP contribution in [0.2, 0.25) is 0 Å². The number of rotatable bonds is 3. The van der Waals surface area contributed by atoms with Gasteiger partial charge < -0.3 is 19.8 Å². The molecule has 4 nitrogen and oxygen atoms in total. The highest BCUT2D eigenvalue weighted by Gasteiger charge is 2.32. The molecule has 122 valence electrons. The van der Waals surface area contributed by atoms with Gasteiger partial charge in [-0.3, -0.25) is 0 Å². The number of likely N-dealkylation sites (N-methyl/N-ethyl adjacent to an activating group) is 1. The molecular formula is C17H29BrN3O+3. The Kier molecular flexibility index (Phi) is 5.39. The van der Waals surface area contributed by atoms with Gasteiger partial charge in [0, 0.05) is 22.9 Å². The van der Waals surface area contributed by atoms with E-state index < -0.39 is 0 Å². The summed E-state index contributed by atoms with van der Waals surface area (Å²) < 4.78 is 1.05. The molecule has 0 unspecified atom stereocenters. The maximum absolute atomic E-state index is 10.0. The van der Waals surface area contributed by atoms with E-state index in [9.17, 15) is 5.11 Å². The van der Waals surface area contributed by atoms with E-state index in [0.717, 1.165) is 22.6 Å². The summed E-state index contributed by atoms with van der Waals surface area (Å²) in [6, 6.07) is 6.62. The molecule has 2 aliphatic heterocycles. The third-order valence-electron chi connectivity index (χ3n) is 5.50. The van der Waals surface area contributed by atoms with Crippen molar-refractivity contribution in [2.24, 2.45) is 0 Å². The van der Waals surface area contributed by atoms with E-state index in [1.165, 1.54) is 52.1 Å². The normalized spacial score (nSPS) is 32.8. The lowest BCUT2D eigenvalue weighted by molar-refractivity contribution is -1.02. The number of likely N-dealkylation sites (tertiary alicyclic amines) is 1. The molecule has 5 heteroatoms. The van der Waals surface area contributed by atoms with Crippen LogP contribution in [0.1, 0.15) is 18.4 Å². The van der Waals surface area contributed by atoms with Crippen molar-refractivity contribution < 1.29 is 19.8 Å². The van der Waals surface area contributed by atoms with Gasteiger partial charge in [-0.1, -0.05) is 15.9 Å². The number of hydrogen-bond acceptors (Lipinski definition) is 1. The molecule has 4 N–H and O–H groups in total. The van der Waals surface area contributed by atoms with Gasteiger partial charge in [-0.25, -0.2) is 0 Å². The molecule has 22 heavy (non-hydrogen) atoms. The van der Waals surface area contributed by atoms with E-state index in [-0.39, 0.29) is 0 Å². The van der Waals surface area contributed by atoms with Crippen LogP contribution < -0.4 is 14.7 Å². The van der Waals surface area contributed by atoms with Crippen molar-refractivity contribution in [2.75, 3.05) is 46.3 Å². The Morgan fingerprint density at radius 1 is 1.09 bits per heavy atom. The average molecular weight is 371 g/mol. The Bertz CT molecular complexity index is 495. The number of phenolic OH excluding ortho intramolecular Hbond substituents is 1. The zero-order valence-corrected chi connectivity index (χ0v) is 15.1. The first kappa shape index (κ1) is 16.2. The van der Waals surface area contributed by atoms with Gasteiger partial charge >= 0.3 is 0 Å². The summed E-state index contributed by atoms with van der Waals surface area (Å²) in [5.74, 6) is 0.436. The lowest BCUT2D eigenvalue weighted by atomic mass is 10.0. The molecule has 2 heterocycles. The van der Waals surface area contributed by atoms with Crippen molar-refractivity contribution in [3.8, 4) is 5.75 Å². The number of piperazine rings is 1. The van der Waals surface area contributed by atoms with Gasteiger partial charge in [-0.05, 0) is 18.2 Å². The highest BCUT2D eigenvalue weighted by molar-refractivity contribution is 9.10. The molecule has 0 aromatic heterocycles. The summed E-state index contributed by atoms with van der Waals surface area (Å²) in [5.41, 5.74) is 1.07. The predicted molar refractivity (Wildman–Crippen MR) is 90.5 cm³/mol. The summed E-state index contributed by atoms with van der Waals surface area (Å²) in [5, 5.41) is 10.0. The first-order chi connectivity index (χ1) is 10.6. The number of phenols is 1. The van der Waals surface area contributed by atoms with Gasteiger partial charge in [0.15, 0.2) is 0 Å². The van der Waals surface area contributed by atoms with Crippen LogP contribution in [0.25, 0.3) is 0 Å². The summed E-state index contributed by atoms with van der Waals surface area (Å²) in [4.78, 5) is 5.15. The van der Waals surface area contributed by atoms with Crippen molar-refractivity contribution in [1.82, 2.24) is 0 Å². The van der Waals surface area contributed by atoms with Crippen LogP contribution in [0.5, 0.6) is 5.75 Å². The molecule has 0 bridgehead atoms. The van der Waals surface area contributed by atoms with E-state index in [1.807, 2.05) is 11.0 Å². The lowest BCUT2D eigenvalue weighted by Crippen LogP contribution is -3.29. The maximum atomic E-state index is 10.0. The standard InChI is InChI=1S/C17H26BrN3O/c1-19-8-10-21(11-9-19)16-4-6-20(7-5-16)13-14-12-15(18)2-3-17(14)22/h2-3,12,16,22H,4-11,13H2,1H3/p+3. The van der Waals surface area contributed by atoms with Crippen molar-refractivity contribution in [3.63, 3.8) is 0 Å². The van der Waals surface area contributed by atoms with Crippen molar-refractivity contribution >= 4 is 15.9 Å². The van der Waals surface area contributed by atoms with Gasteiger partial charge in [0.2, 0.25) is 0 Å². The van der Waals surface area contributed by atoms with Crippen LogP contribution in [-0.2, 0) is 6.54 Å². The lowest BCUT2D eigenvalue weighted by Gasteiger charge is -2.37. The molecule has 0 radical (unpaired) electrons. The summed E-state index contributed by atoms with van der Waals surface area (Å²) >= 11 is 3.50. The Hall–Kier alpha value is -0.620. The van der Waals surface area contributed by atoms with Crippen LogP contribution in [0.4, 0.5) is 0 Å². The van der Waals surface area contributed by atoms with E-state index in [4.69, 9.17) is 0 Å². The number of benzene rings is 1. The fourth-order valence-electron chi connectivity index (χ4n) is 3.98. The molecule has 2 aliphatic rings. The van der Waals surface area contributed by atoms with E-state index in [1.54, 1.807) is 15.9 Å². The zero-order chi connectivity index (χ0) is 15.5. The first-order valence-corrected chi connectivity index (χ1v) is 9.38. The van der Waals surface area contributed by atoms with Gasteiger partial charge in [0.25, 0.3) is 0 Å². The highest BCUT2D eigenvalue weighted by atomic mass is 79.9. The van der Waals surface area contributed by atoms with E-state index in [2.05, 4.69) is 29.0 Å². The number of nitrogens with one attached hydrogen (secondary N) is 3. The van der Waals surface area contributed by atoms with Gasteiger partial charge in [0.1, 0.15) is 38.5 Å². The van der Waals surface area contributed by atoms with Crippen molar-refractivity contribution in [2.45, 2.75) is 25.4 Å². The minimum atomic E-state index is 0.436. The second-order valence-electron chi connectivity index (χ2n) is 7.09. The van der Waals surface area contributed by atoms with Crippen molar-refractivity contribution in [3.05, 3.63) is 28.2 Å². The van der Waals surface area contributed by atoms with E-state index >= 15 is 0 Å². The zero-order valence-electron chi connectivity index (χ0n) is 13.5. The van der Waals surface area contributed by atoms with Crippen LogP contribution in [-0.4, -0.2) is 57.5 Å². The Balaban J connectivity index is 1.50. The van der Waals surface area contributed by atoms with Gasteiger partial charge in [-0.15, -0.1) is 0 Å². The molecule has 0 aliphatic carbocycles.